The SMILES string of the molecule is COC=C(C(=O)Cl)c1ccc(OC)c(OC)c1. The second-order valence-corrected chi connectivity index (χ2v) is 3.45. The lowest BCUT2D eigenvalue weighted by Gasteiger charge is -2.09. The molecular formula is C12H13ClO4. The van der Waals surface area contributed by atoms with Crippen molar-refractivity contribution in [1.29, 1.82) is 0 Å². The van der Waals surface area contributed by atoms with Crippen molar-refractivity contribution in [2.45, 2.75) is 0 Å². The summed E-state index contributed by atoms with van der Waals surface area (Å²) >= 11 is 5.47. The summed E-state index contributed by atoms with van der Waals surface area (Å²) in [6.07, 6.45) is 1.29. The van der Waals surface area contributed by atoms with Gasteiger partial charge in [-0.3, -0.25) is 4.79 Å². The molecule has 0 aromatic heterocycles. The topological polar surface area (TPSA) is 44.8 Å². The fourth-order valence-corrected chi connectivity index (χ4v) is 1.50. The van der Waals surface area contributed by atoms with Crippen LogP contribution in [0.1, 0.15) is 5.56 Å². The van der Waals surface area contributed by atoms with Gasteiger partial charge in [-0.25, -0.2) is 0 Å². The summed E-state index contributed by atoms with van der Waals surface area (Å²) in [6.45, 7) is 0. The molecule has 92 valence electrons. The zero-order valence-corrected chi connectivity index (χ0v) is 10.6. The summed E-state index contributed by atoms with van der Waals surface area (Å²) < 4.78 is 15.0. The van der Waals surface area contributed by atoms with E-state index in [1.807, 2.05) is 0 Å². The minimum atomic E-state index is -0.598. The highest BCUT2D eigenvalue weighted by Crippen LogP contribution is 2.30. The normalized spacial score (nSPS) is 10.9. The van der Waals surface area contributed by atoms with E-state index in [0.717, 1.165) is 0 Å². The molecule has 0 saturated heterocycles. The van der Waals surface area contributed by atoms with Crippen molar-refractivity contribution in [2.75, 3.05) is 21.3 Å². The molecule has 0 N–H and O–H groups in total. The molecule has 0 spiro atoms. The number of methoxy groups -OCH3 is 3. The van der Waals surface area contributed by atoms with Crippen molar-refractivity contribution >= 4 is 22.4 Å². The van der Waals surface area contributed by atoms with Gasteiger partial charge in [0.1, 0.15) is 0 Å². The fourth-order valence-electron chi connectivity index (χ4n) is 1.35. The molecule has 0 aliphatic heterocycles. The van der Waals surface area contributed by atoms with Crippen molar-refractivity contribution in [3.63, 3.8) is 0 Å². The van der Waals surface area contributed by atoms with Gasteiger partial charge in [0.2, 0.25) is 0 Å². The minimum absolute atomic E-state index is 0.259. The van der Waals surface area contributed by atoms with E-state index >= 15 is 0 Å². The third kappa shape index (κ3) is 3.14. The number of benzene rings is 1. The standard InChI is InChI=1S/C12H13ClO4/c1-15-7-9(12(13)14)8-4-5-10(16-2)11(6-8)17-3/h4-7H,1-3H3. The van der Waals surface area contributed by atoms with Gasteiger partial charge >= 0.3 is 0 Å². The van der Waals surface area contributed by atoms with Crippen LogP contribution in [0.2, 0.25) is 0 Å². The fraction of sp³-hybridized carbons (Fsp3) is 0.250. The van der Waals surface area contributed by atoms with E-state index in [0.29, 0.717) is 17.1 Å². The summed E-state index contributed by atoms with van der Waals surface area (Å²) in [6, 6.07) is 5.05. The van der Waals surface area contributed by atoms with Crippen LogP contribution < -0.4 is 9.47 Å². The van der Waals surface area contributed by atoms with E-state index in [4.69, 9.17) is 25.8 Å². The molecule has 0 saturated carbocycles. The summed E-state index contributed by atoms with van der Waals surface area (Å²) in [7, 11) is 4.50. The molecular weight excluding hydrogens is 244 g/mol. The summed E-state index contributed by atoms with van der Waals surface area (Å²) in [5.74, 6) is 1.10. The number of hydrogen-bond acceptors (Lipinski definition) is 4. The Bertz CT molecular complexity index is 440. The molecule has 0 unspecified atom stereocenters. The van der Waals surface area contributed by atoms with E-state index in [-0.39, 0.29) is 5.57 Å². The first kappa shape index (κ1) is 13.4. The van der Waals surface area contributed by atoms with Gasteiger partial charge in [-0.15, -0.1) is 0 Å². The van der Waals surface area contributed by atoms with Crippen molar-refractivity contribution < 1.29 is 19.0 Å². The van der Waals surface area contributed by atoms with Crippen LogP contribution in [-0.2, 0) is 9.53 Å². The molecule has 0 atom stereocenters. The van der Waals surface area contributed by atoms with Crippen LogP contribution in [0.4, 0.5) is 0 Å². The maximum absolute atomic E-state index is 11.2. The molecule has 17 heavy (non-hydrogen) atoms. The molecule has 1 rings (SSSR count). The Hall–Kier alpha value is -1.68. The highest BCUT2D eigenvalue weighted by atomic mass is 35.5. The Labute approximate surface area is 105 Å². The Morgan fingerprint density at radius 3 is 2.29 bits per heavy atom. The Morgan fingerprint density at radius 2 is 1.82 bits per heavy atom. The number of halogens is 1. The second-order valence-electron chi connectivity index (χ2n) is 3.11. The van der Waals surface area contributed by atoms with Crippen LogP contribution in [-0.4, -0.2) is 26.6 Å². The number of hydrogen-bond donors (Lipinski definition) is 0. The first-order chi connectivity index (χ1) is 8.13. The number of carbonyl (C=O) groups is 1. The van der Waals surface area contributed by atoms with E-state index in [2.05, 4.69) is 0 Å². The Balaban J connectivity index is 3.22. The Kier molecular flexibility index (Phi) is 4.84. The molecule has 0 amide bonds. The van der Waals surface area contributed by atoms with Crippen LogP contribution in [0.3, 0.4) is 0 Å². The third-order valence-electron chi connectivity index (χ3n) is 2.14. The van der Waals surface area contributed by atoms with Crippen molar-refractivity contribution in [1.82, 2.24) is 0 Å². The molecule has 1 aromatic carbocycles. The third-order valence-corrected chi connectivity index (χ3v) is 2.35. The van der Waals surface area contributed by atoms with Crippen LogP contribution in [0.15, 0.2) is 24.5 Å². The maximum Gasteiger partial charge on any atom is 0.256 e. The van der Waals surface area contributed by atoms with E-state index in [1.54, 1.807) is 18.2 Å². The largest absolute Gasteiger partial charge is 0.504 e. The average molecular weight is 257 g/mol. The summed E-state index contributed by atoms with van der Waals surface area (Å²) in [4.78, 5) is 11.2. The maximum atomic E-state index is 11.2. The molecule has 0 aliphatic rings. The van der Waals surface area contributed by atoms with Crippen molar-refractivity contribution in [3.8, 4) is 11.5 Å². The molecule has 0 heterocycles. The zero-order valence-electron chi connectivity index (χ0n) is 9.82. The molecule has 0 radical (unpaired) electrons. The van der Waals surface area contributed by atoms with E-state index < -0.39 is 5.24 Å². The van der Waals surface area contributed by atoms with Crippen LogP contribution in [0.5, 0.6) is 11.5 Å². The number of carbonyl (C=O) groups excluding carboxylic acids is 1. The lowest BCUT2D eigenvalue weighted by molar-refractivity contribution is -0.107. The first-order valence-electron chi connectivity index (χ1n) is 4.79. The van der Waals surface area contributed by atoms with Gasteiger partial charge in [-0.1, -0.05) is 6.07 Å². The second kappa shape index (κ2) is 6.15. The molecule has 0 aliphatic carbocycles. The lowest BCUT2D eigenvalue weighted by Crippen LogP contribution is -1.97. The van der Waals surface area contributed by atoms with Gasteiger partial charge in [0.05, 0.1) is 33.2 Å². The zero-order chi connectivity index (χ0) is 12.8. The van der Waals surface area contributed by atoms with Crippen molar-refractivity contribution in [2.24, 2.45) is 0 Å². The van der Waals surface area contributed by atoms with Gasteiger partial charge < -0.3 is 14.2 Å². The molecule has 1 aromatic rings. The highest BCUT2D eigenvalue weighted by Gasteiger charge is 2.13. The minimum Gasteiger partial charge on any atom is -0.504 e. The van der Waals surface area contributed by atoms with Crippen molar-refractivity contribution in [3.05, 3.63) is 30.0 Å². The number of ether oxygens (including phenoxy) is 3. The predicted molar refractivity (Wildman–Crippen MR) is 65.4 cm³/mol. The molecule has 0 bridgehead atoms. The van der Waals surface area contributed by atoms with Gasteiger partial charge in [0, 0.05) is 0 Å². The van der Waals surface area contributed by atoms with Gasteiger partial charge in [-0.05, 0) is 29.3 Å². The van der Waals surface area contributed by atoms with Gasteiger partial charge in [-0.2, -0.15) is 0 Å². The highest BCUT2D eigenvalue weighted by molar-refractivity contribution is 6.74. The van der Waals surface area contributed by atoms with Crippen LogP contribution in [0.25, 0.3) is 5.57 Å². The predicted octanol–water partition coefficient (Wildman–Crippen LogP) is 2.46. The number of allylic oxidation sites excluding steroid dienone is 1. The van der Waals surface area contributed by atoms with E-state index in [9.17, 15) is 4.79 Å². The van der Waals surface area contributed by atoms with Gasteiger partial charge in [0.25, 0.3) is 5.24 Å². The smallest absolute Gasteiger partial charge is 0.256 e. The molecule has 0 fully saturated rings. The molecule has 5 heteroatoms. The summed E-state index contributed by atoms with van der Waals surface area (Å²) in [5.41, 5.74) is 0.861. The van der Waals surface area contributed by atoms with E-state index in [1.165, 1.54) is 27.6 Å². The molecule has 4 nitrogen and oxygen atoms in total. The summed E-state index contributed by atoms with van der Waals surface area (Å²) in [5, 5.41) is -0.598. The lowest BCUT2D eigenvalue weighted by atomic mass is 10.1. The first-order valence-corrected chi connectivity index (χ1v) is 5.17. The van der Waals surface area contributed by atoms with Gasteiger partial charge in [0.15, 0.2) is 11.5 Å². The average Bonchev–Trinajstić information content (AvgIpc) is 2.34. The number of rotatable bonds is 5. The van der Waals surface area contributed by atoms with Crippen LogP contribution in [0, 0.1) is 0 Å². The Morgan fingerprint density at radius 1 is 1.18 bits per heavy atom. The quantitative estimate of drug-likeness (QED) is 0.461. The van der Waals surface area contributed by atoms with Crippen LogP contribution >= 0.6 is 11.6 Å². The monoisotopic (exact) mass is 256 g/mol.